The van der Waals surface area contributed by atoms with Crippen molar-refractivity contribution in [1.82, 2.24) is 5.32 Å². The van der Waals surface area contributed by atoms with Crippen molar-refractivity contribution in [2.45, 2.75) is 6.42 Å². The Hall–Kier alpha value is -3.25. The highest BCUT2D eigenvalue weighted by Gasteiger charge is 2.21. The van der Waals surface area contributed by atoms with E-state index in [1.165, 1.54) is 6.07 Å². The number of benzene rings is 2. The SMILES string of the molecule is COc1ccc(CCNC(=O)CN(c2cccc(C#N)c2)S(C)(=O)=O)cc1OC. The number of rotatable bonds is 9. The molecular weight excluding hydrogens is 394 g/mol. The van der Waals surface area contributed by atoms with Gasteiger partial charge in [0.2, 0.25) is 15.9 Å². The fraction of sp³-hybridized carbons (Fsp3) is 0.300. The van der Waals surface area contributed by atoms with Crippen LogP contribution in [0.5, 0.6) is 11.5 Å². The van der Waals surface area contributed by atoms with E-state index in [-0.39, 0.29) is 12.2 Å². The van der Waals surface area contributed by atoms with Crippen molar-refractivity contribution in [2.24, 2.45) is 0 Å². The van der Waals surface area contributed by atoms with E-state index >= 15 is 0 Å². The molecule has 8 nitrogen and oxygen atoms in total. The van der Waals surface area contributed by atoms with Crippen LogP contribution in [0.1, 0.15) is 11.1 Å². The first-order chi connectivity index (χ1) is 13.8. The van der Waals surface area contributed by atoms with E-state index in [0.29, 0.717) is 30.0 Å². The minimum atomic E-state index is -3.70. The number of hydrogen-bond donors (Lipinski definition) is 1. The molecule has 0 atom stereocenters. The number of carbonyl (C=O) groups excluding carboxylic acids is 1. The average molecular weight is 417 g/mol. The highest BCUT2D eigenvalue weighted by molar-refractivity contribution is 7.92. The van der Waals surface area contributed by atoms with Gasteiger partial charge in [-0.1, -0.05) is 12.1 Å². The third-order valence-electron chi connectivity index (χ3n) is 4.13. The van der Waals surface area contributed by atoms with Crippen molar-refractivity contribution in [3.8, 4) is 17.6 Å². The van der Waals surface area contributed by atoms with Crippen molar-refractivity contribution in [1.29, 1.82) is 5.26 Å². The van der Waals surface area contributed by atoms with Gasteiger partial charge in [0.1, 0.15) is 6.54 Å². The second kappa shape index (κ2) is 9.80. The Kier molecular flexibility index (Phi) is 7.45. The monoisotopic (exact) mass is 417 g/mol. The Morgan fingerprint density at radius 3 is 2.48 bits per heavy atom. The summed E-state index contributed by atoms with van der Waals surface area (Å²) < 4.78 is 35.7. The molecule has 0 heterocycles. The van der Waals surface area contributed by atoms with Crippen molar-refractivity contribution in [3.05, 3.63) is 53.6 Å². The molecule has 0 saturated heterocycles. The number of ether oxygens (including phenoxy) is 2. The predicted molar refractivity (Wildman–Crippen MR) is 110 cm³/mol. The normalized spacial score (nSPS) is 10.7. The number of nitrogens with one attached hydrogen (secondary N) is 1. The molecule has 0 aromatic heterocycles. The quantitative estimate of drug-likeness (QED) is 0.665. The van der Waals surface area contributed by atoms with Crippen LogP contribution in [0.3, 0.4) is 0 Å². The zero-order valence-electron chi connectivity index (χ0n) is 16.5. The second-order valence-electron chi connectivity index (χ2n) is 6.22. The number of methoxy groups -OCH3 is 2. The average Bonchev–Trinajstić information content (AvgIpc) is 2.71. The summed E-state index contributed by atoms with van der Waals surface area (Å²) in [7, 11) is -0.600. The largest absolute Gasteiger partial charge is 0.493 e. The maximum absolute atomic E-state index is 12.3. The molecule has 1 amide bonds. The summed E-state index contributed by atoms with van der Waals surface area (Å²) in [5.74, 6) is 0.763. The fourth-order valence-electron chi connectivity index (χ4n) is 2.70. The van der Waals surface area contributed by atoms with Crippen LogP contribution < -0.4 is 19.1 Å². The van der Waals surface area contributed by atoms with Crippen LogP contribution in [0.4, 0.5) is 5.69 Å². The Bertz CT molecular complexity index is 1020. The third kappa shape index (κ3) is 6.12. The Morgan fingerprint density at radius 2 is 1.86 bits per heavy atom. The molecule has 29 heavy (non-hydrogen) atoms. The third-order valence-corrected chi connectivity index (χ3v) is 5.28. The van der Waals surface area contributed by atoms with Gasteiger partial charge >= 0.3 is 0 Å². The molecule has 1 N–H and O–H groups in total. The first-order valence-corrected chi connectivity index (χ1v) is 10.6. The molecule has 0 radical (unpaired) electrons. The molecule has 154 valence electrons. The maximum atomic E-state index is 12.3. The lowest BCUT2D eigenvalue weighted by molar-refractivity contribution is -0.119. The van der Waals surface area contributed by atoms with Gasteiger partial charge in [0.15, 0.2) is 11.5 Å². The molecule has 0 saturated carbocycles. The first-order valence-electron chi connectivity index (χ1n) is 8.74. The molecule has 0 fully saturated rings. The number of sulfonamides is 1. The van der Waals surface area contributed by atoms with Crippen LogP contribution in [0.2, 0.25) is 0 Å². The molecule has 9 heteroatoms. The summed E-state index contributed by atoms with van der Waals surface area (Å²) in [4.78, 5) is 12.3. The summed E-state index contributed by atoms with van der Waals surface area (Å²) in [5, 5.41) is 11.7. The van der Waals surface area contributed by atoms with Crippen LogP contribution in [-0.2, 0) is 21.2 Å². The van der Waals surface area contributed by atoms with E-state index < -0.39 is 15.9 Å². The molecular formula is C20H23N3O5S. The Balaban J connectivity index is 2.01. The Morgan fingerprint density at radius 1 is 1.14 bits per heavy atom. The summed E-state index contributed by atoms with van der Waals surface area (Å²) in [6.45, 7) is -0.0518. The van der Waals surface area contributed by atoms with Crippen molar-refractivity contribution >= 4 is 21.6 Å². The molecule has 0 spiro atoms. The van der Waals surface area contributed by atoms with Gasteiger partial charge in [-0.15, -0.1) is 0 Å². The van der Waals surface area contributed by atoms with E-state index in [1.54, 1.807) is 38.5 Å². The number of anilines is 1. The molecule has 0 aliphatic carbocycles. The molecule has 0 unspecified atom stereocenters. The van der Waals surface area contributed by atoms with Crippen LogP contribution in [0, 0.1) is 11.3 Å². The highest BCUT2D eigenvalue weighted by Crippen LogP contribution is 2.27. The van der Waals surface area contributed by atoms with E-state index in [0.717, 1.165) is 16.1 Å². The Labute approximate surface area is 170 Å². The summed E-state index contributed by atoms with van der Waals surface area (Å²) >= 11 is 0. The molecule has 2 aromatic rings. The zero-order chi connectivity index (χ0) is 21.4. The van der Waals surface area contributed by atoms with Gasteiger partial charge in [-0.25, -0.2) is 8.42 Å². The molecule has 0 aliphatic rings. The minimum absolute atomic E-state index is 0.265. The van der Waals surface area contributed by atoms with Gasteiger partial charge in [-0.2, -0.15) is 5.26 Å². The second-order valence-corrected chi connectivity index (χ2v) is 8.13. The summed E-state index contributed by atoms with van der Waals surface area (Å²) in [5.41, 5.74) is 1.51. The molecule has 0 aliphatic heterocycles. The fourth-order valence-corrected chi connectivity index (χ4v) is 3.55. The topological polar surface area (TPSA) is 109 Å². The number of carbonyl (C=O) groups is 1. The van der Waals surface area contributed by atoms with Gasteiger partial charge in [0.25, 0.3) is 0 Å². The highest BCUT2D eigenvalue weighted by atomic mass is 32.2. The van der Waals surface area contributed by atoms with Crippen LogP contribution >= 0.6 is 0 Å². The predicted octanol–water partition coefficient (Wildman–Crippen LogP) is 1.70. The van der Waals surface area contributed by atoms with Gasteiger partial charge in [0.05, 0.1) is 37.8 Å². The zero-order valence-corrected chi connectivity index (χ0v) is 17.3. The standard InChI is InChI=1S/C20H23N3O5S/c1-27-18-8-7-15(12-19(18)28-2)9-10-22-20(24)14-23(29(3,25)26)17-6-4-5-16(11-17)13-21/h4-8,11-12H,9-10,14H2,1-3H3,(H,22,24). The van der Waals surface area contributed by atoms with Gasteiger partial charge < -0.3 is 14.8 Å². The van der Waals surface area contributed by atoms with Crippen molar-refractivity contribution in [2.75, 3.05) is 37.9 Å². The first kappa shape index (κ1) is 22.0. The van der Waals surface area contributed by atoms with Gasteiger partial charge in [0, 0.05) is 6.54 Å². The number of amides is 1. The smallest absolute Gasteiger partial charge is 0.240 e. The van der Waals surface area contributed by atoms with Crippen LogP contribution in [0.25, 0.3) is 0 Å². The van der Waals surface area contributed by atoms with Crippen LogP contribution in [-0.4, -0.2) is 47.9 Å². The molecule has 0 bridgehead atoms. The summed E-state index contributed by atoms with van der Waals surface area (Å²) in [6, 6.07) is 13.5. The van der Waals surface area contributed by atoms with Crippen molar-refractivity contribution in [3.63, 3.8) is 0 Å². The van der Waals surface area contributed by atoms with E-state index in [1.807, 2.05) is 18.2 Å². The lowest BCUT2D eigenvalue weighted by atomic mass is 10.1. The lowest BCUT2D eigenvalue weighted by Gasteiger charge is -2.22. The van der Waals surface area contributed by atoms with E-state index in [9.17, 15) is 13.2 Å². The minimum Gasteiger partial charge on any atom is -0.493 e. The van der Waals surface area contributed by atoms with Crippen molar-refractivity contribution < 1.29 is 22.7 Å². The van der Waals surface area contributed by atoms with Crippen LogP contribution in [0.15, 0.2) is 42.5 Å². The summed E-state index contributed by atoms with van der Waals surface area (Å²) in [6.07, 6.45) is 1.55. The van der Waals surface area contributed by atoms with E-state index in [4.69, 9.17) is 14.7 Å². The number of nitrogens with zero attached hydrogens (tertiary/aromatic N) is 2. The molecule has 2 rings (SSSR count). The van der Waals surface area contributed by atoms with E-state index in [2.05, 4.69) is 5.32 Å². The molecule has 2 aromatic carbocycles. The number of hydrogen-bond acceptors (Lipinski definition) is 6. The van der Waals surface area contributed by atoms with Gasteiger partial charge in [-0.3, -0.25) is 9.10 Å². The van der Waals surface area contributed by atoms with Gasteiger partial charge in [-0.05, 0) is 42.3 Å². The number of nitriles is 1. The maximum Gasteiger partial charge on any atom is 0.240 e. The lowest BCUT2D eigenvalue weighted by Crippen LogP contribution is -2.41.